The molecule has 0 fully saturated rings. The predicted octanol–water partition coefficient (Wildman–Crippen LogP) is 8.31. The Balaban J connectivity index is 1.45. The molecule has 0 aliphatic rings. The molecule has 0 nitrogen and oxygen atoms in total. The number of fused-ring (bicyclic) bond motifs is 1. The normalized spacial score (nSPS) is 10.9. The van der Waals surface area contributed by atoms with Crippen LogP contribution in [0.2, 0.25) is 0 Å². The molecule has 35 heavy (non-hydrogen) atoms. The van der Waals surface area contributed by atoms with Crippen LogP contribution in [0.5, 0.6) is 0 Å². The maximum Gasteiger partial charge on any atom is 0.142 e. The van der Waals surface area contributed by atoms with Crippen molar-refractivity contribution in [2.75, 3.05) is 0 Å². The lowest BCUT2D eigenvalue weighted by Gasteiger charge is -2.08. The van der Waals surface area contributed by atoms with Crippen LogP contribution in [0.3, 0.4) is 0 Å². The zero-order valence-electron chi connectivity index (χ0n) is 19.6. The fourth-order valence-electron chi connectivity index (χ4n) is 4.13. The highest BCUT2D eigenvalue weighted by Crippen LogP contribution is 2.20. The number of benzene rings is 4. The highest BCUT2D eigenvalue weighted by Gasteiger charge is 2.11. The first kappa shape index (κ1) is 24.5. The Bertz CT molecular complexity index is 1390. The molecule has 0 N–H and O–H groups in total. The summed E-state index contributed by atoms with van der Waals surface area (Å²) in [5, 5.41) is 1.51. The van der Waals surface area contributed by atoms with Crippen molar-refractivity contribution in [1.29, 1.82) is 0 Å². The summed E-state index contributed by atoms with van der Waals surface area (Å²) in [5.41, 5.74) is 2.21. The van der Waals surface area contributed by atoms with Crippen molar-refractivity contribution in [1.82, 2.24) is 0 Å². The average Bonchev–Trinajstić information content (AvgIpc) is 2.83. The van der Waals surface area contributed by atoms with Crippen molar-refractivity contribution >= 4 is 10.8 Å². The molecule has 0 aliphatic carbocycles. The molecule has 4 heteroatoms. The van der Waals surface area contributed by atoms with Gasteiger partial charge >= 0.3 is 0 Å². The van der Waals surface area contributed by atoms with Crippen molar-refractivity contribution in [2.24, 2.45) is 0 Å². The Morgan fingerprint density at radius 1 is 0.600 bits per heavy atom. The van der Waals surface area contributed by atoms with E-state index in [1.54, 1.807) is 36.4 Å². The minimum Gasteiger partial charge on any atom is -0.207 e. The van der Waals surface area contributed by atoms with E-state index in [2.05, 4.69) is 18.8 Å². The molecule has 0 saturated carbocycles. The van der Waals surface area contributed by atoms with E-state index in [1.807, 2.05) is 6.07 Å². The monoisotopic (exact) mass is 474 g/mol. The van der Waals surface area contributed by atoms with E-state index in [4.69, 9.17) is 0 Å². The van der Waals surface area contributed by atoms with Gasteiger partial charge in [0.1, 0.15) is 23.3 Å². The fourth-order valence-corrected chi connectivity index (χ4v) is 4.13. The molecule has 0 atom stereocenters. The second-order valence-electron chi connectivity index (χ2n) is 8.77. The molecule has 4 aromatic rings. The third-order valence-corrected chi connectivity index (χ3v) is 6.11. The summed E-state index contributed by atoms with van der Waals surface area (Å²) in [5.74, 6) is 3.26. The van der Waals surface area contributed by atoms with E-state index in [9.17, 15) is 17.6 Å². The molecule has 0 bridgehead atoms. The molecule has 0 aliphatic heterocycles. The summed E-state index contributed by atoms with van der Waals surface area (Å²) in [6.07, 6.45) is 4.78. The lowest BCUT2D eigenvalue weighted by Crippen LogP contribution is -2.00. The molecule has 0 heterocycles. The molecular formula is C31H26F4. The fraction of sp³-hybridized carbons (Fsp3) is 0.226. The van der Waals surface area contributed by atoms with Crippen LogP contribution >= 0.6 is 0 Å². The second kappa shape index (κ2) is 11.2. The van der Waals surface area contributed by atoms with Crippen LogP contribution in [0.4, 0.5) is 17.6 Å². The first-order chi connectivity index (χ1) is 16.9. The van der Waals surface area contributed by atoms with E-state index < -0.39 is 11.6 Å². The molecule has 0 unspecified atom stereocenters. The van der Waals surface area contributed by atoms with Crippen LogP contribution in [-0.2, 0) is 19.3 Å². The van der Waals surface area contributed by atoms with Gasteiger partial charge in [-0.25, -0.2) is 17.6 Å². The maximum atomic E-state index is 14.7. The van der Waals surface area contributed by atoms with Gasteiger partial charge in [-0.15, -0.1) is 0 Å². The average molecular weight is 475 g/mol. The first-order valence-corrected chi connectivity index (χ1v) is 11.9. The number of aryl methyl sites for hydroxylation is 3. The van der Waals surface area contributed by atoms with Gasteiger partial charge in [-0.1, -0.05) is 55.9 Å². The predicted molar refractivity (Wildman–Crippen MR) is 133 cm³/mol. The summed E-state index contributed by atoms with van der Waals surface area (Å²) in [6.45, 7) is 2.13. The summed E-state index contributed by atoms with van der Waals surface area (Å²) < 4.78 is 57.1. The molecule has 4 rings (SSSR count). The number of hydrogen-bond acceptors (Lipinski definition) is 0. The highest BCUT2D eigenvalue weighted by molar-refractivity contribution is 5.84. The van der Waals surface area contributed by atoms with Crippen LogP contribution in [0, 0.1) is 35.1 Å². The standard InChI is InChI=1S/C31H26F4/c1-2-3-4-5-21-6-10-24(29(33)17-21)11-8-23-18-30(34)28(31(35)19-23)15-9-22-7-12-26-20-27(32)14-13-25(26)16-22/h6-7,10,12-14,16-20H,2-5,8,11H2,1H3. The molecule has 0 amide bonds. The lowest BCUT2D eigenvalue weighted by molar-refractivity contribution is 0.572. The molecule has 0 radical (unpaired) electrons. The van der Waals surface area contributed by atoms with Gasteiger partial charge in [0.25, 0.3) is 0 Å². The van der Waals surface area contributed by atoms with Gasteiger partial charge in [-0.2, -0.15) is 0 Å². The van der Waals surface area contributed by atoms with Gasteiger partial charge in [0.2, 0.25) is 0 Å². The first-order valence-electron chi connectivity index (χ1n) is 11.9. The van der Waals surface area contributed by atoms with Crippen LogP contribution in [0.15, 0.2) is 66.7 Å². The summed E-state index contributed by atoms with van der Waals surface area (Å²) in [4.78, 5) is 0. The van der Waals surface area contributed by atoms with Gasteiger partial charge in [0.15, 0.2) is 0 Å². The smallest absolute Gasteiger partial charge is 0.142 e. The van der Waals surface area contributed by atoms with Crippen molar-refractivity contribution < 1.29 is 17.6 Å². The number of halogens is 4. The third kappa shape index (κ3) is 6.31. The van der Waals surface area contributed by atoms with Gasteiger partial charge in [-0.05, 0) is 95.6 Å². The Morgan fingerprint density at radius 3 is 2.06 bits per heavy atom. The highest BCUT2D eigenvalue weighted by atomic mass is 19.1. The Kier molecular flexibility index (Phi) is 7.87. The molecule has 0 spiro atoms. The van der Waals surface area contributed by atoms with Crippen molar-refractivity contribution in [3.8, 4) is 11.8 Å². The Hall–Kier alpha value is -3.58. The van der Waals surface area contributed by atoms with Crippen LogP contribution in [-0.4, -0.2) is 0 Å². The van der Waals surface area contributed by atoms with Crippen molar-refractivity contribution in [2.45, 2.75) is 45.4 Å². The van der Waals surface area contributed by atoms with Gasteiger partial charge in [0.05, 0.1) is 5.56 Å². The summed E-state index contributed by atoms with van der Waals surface area (Å²) in [7, 11) is 0. The number of unbranched alkanes of at least 4 members (excludes halogenated alkanes) is 2. The zero-order valence-corrected chi connectivity index (χ0v) is 19.6. The largest absolute Gasteiger partial charge is 0.207 e. The van der Waals surface area contributed by atoms with E-state index in [0.29, 0.717) is 29.5 Å². The number of hydrogen-bond donors (Lipinski definition) is 0. The quantitative estimate of drug-likeness (QED) is 0.144. The minimum absolute atomic E-state index is 0.277. The van der Waals surface area contributed by atoms with Crippen molar-refractivity contribution in [3.05, 3.63) is 118 Å². The minimum atomic E-state index is -0.748. The molecule has 178 valence electrons. The van der Waals surface area contributed by atoms with Crippen molar-refractivity contribution in [3.63, 3.8) is 0 Å². The molecule has 4 aromatic carbocycles. The van der Waals surface area contributed by atoms with Crippen LogP contribution < -0.4 is 0 Å². The Morgan fingerprint density at radius 2 is 1.31 bits per heavy atom. The van der Waals surface area contributed by atoms with E-state index in [-0.39, 0.29) is 17.2 Å². The lowest BCUT2D eigenvalue weighted by atomic mass is 9.99. The second-order valence-corrected chi connectivity index (χ2v) is 8.77. The summed E-state index contributed by atoms with van der Waals surface area (Å²) >= 11 is 0. The van der Waals surface area contributed by atoms with E-state index in [0.717, 1.165) is 42.0 Å². The number of rotatable bonds is 7. The zero-order chi connectivity index (χ0) is 24.8. The Labute approximate surface area is 203 Å². The SMILES string of the molecule is CCCCCc1ccc(CCc2cc(F)c(C#Cc3ccc4cc(F)ccc4c3)c(F)c2)c(F)c1. The maximum absolute atomic E-state index is 14.7. The van der Waals surface area contributed by atoms with E-state index >= 15 is 0 Å². The molecule has 0 saturated heterocycles. The third-order valence-electron chi connectivity index (χ3n) is 6.11. The molecule has 0 aromatic heterocycles. The van der Waals surface area contributed by atoms with Crippen LogP contribution in [0.25, 0.3) is 10.8 Å². The van der Waals surface area contributed by atoms with E-state index in [1.165, 1.54) is 24.3 Å². The molecular weight excluding hydrogens is 448 g/mol. The van der Waals surface area contributed by atoms with Crippen LogP contribution in [0.1, 0.15) is 54.0 Å². The van der Waals surface area contributed by atoms with Gasteiger partial charge < -0.3 is 0 Å². The topological polar surface area (TPSA) is 0 Å². The van der Waals surface area contributed by atoms with Gasteiger partial charge in [-0.3, -0.25) is 0 Å². The summed E-state index contributed by atoms with van der Waals surface area (Å²) in [6, 6.07) is 17.3. The van der Waals surface area contributed by atoms with Gasteiger partial charge in [0, 0.05) is 5.56 Å².